The molecule has 1 heterocycles. The fourth-order valence-corrected chi connectivity index (χ4v) is 2.30. The summed E-state index contributed by atoms with van der Waals surface area (Å²) >= 11 is 0. The highest BCUT2D eigenvalue weighted by atomic mass is 16.5. The van der Waals surface area contributed by atoms with Crippen molar-refractivity contribution >= 4 is 5.91 Å². The van der Waals surface area contributed by atoms with Crippen molar-refractivity contribution in [2.24, 2.45) is 5.73 Å². The van der Waals surface area contributed by atoms with E-state index in [1.807, 2.05) is 31.3 Å². The zero-order chi connectivity index (χ0) is 13.7. The summed E-state index contributed by atoms with van der Waals surface area (Å²) in [6, 6.07) is 7.89. The molecule has 1 saturated heterocycles. The normalized spacial score (nSPS) is 18.5. The topological polar surface area (TPSA) is 55.6 Å². The molecule has 4 nitrogen and oxygen atoms in total. The minimum absolute atomic E-state index is 0.135. The zero-order valence-corrected chi connectivity index (χ0v) is 11.5. The van der Waals surface area contributed by atoms with Gasteiger partial charge in [0, 0.05) is 26.7 Å². The van der Waals surface area contributed by atoms with Crippen molar-refractivity contribution in [3.8, 4) is 0 Å². The lowest BCUT2D eigenvalue weighted by atomic mass is 10.1. The number of hydrogen-bond acceptors (Lipinski definition) is 3. The molecule has 1 unspecified atom stereocenters. The highest BCUT2D eigenvalue weighted by Crippen LogP contribution is 2.13. The van der Waals surface area contributed by atoms with E-state index in [1.165, 1.54) is 0 Å². The molecule has 0 radical (unpaired) electrons. The van der Waals surface area contributed by atoms with Crippen molar-refractivity contribution in [3.63, 3.8) is 0 Å². The molecule has 0 aromatic heterocycles. The monoisotopic (exact) mass is 262 g/mol. The molecule has 1 aliphatic rings. The number of carbonyl (C=O) groups excluding carboxylic acids is 1. The quantitative estimate of drug-likeness (QED) is 0.871. The van der Waals surface area contributed by atoms with Gasteiger partial charge in [-0.05, 0) is 24.0 Å². The summed E-state index contributed by atoms with van der Waals surface area (Å²) in [4.78, 5) is 13.9. The van der Waals surface area contributed by atoms with Crippen LogP contribution in [0.2, 0.25) is 0 Å². The molecule has 1 aliphatic heterocycles. The van der Waals surface area contributed by atoms with Crippen LogP contribution in [0, 0.1) is 0 Å². The van der Waals surface area contributed by atoms with Crippen molar-refractivity contribution in [3.05, 3.63) is 35.4 Å². The number of rotatable bonds is 5. The lowest BCUT2D eigenvalue weighted by Gasteiger charge is -2.20. The molecule has 1 aromatic carbocycles. The molecule has 0 aliphatic carbocycles. The van der Waals surface area contributed by atoms with Gasteiger partial charge in [0.05, 0.1) is 12.5 Å². The Hall–Kier alpha value is -1.39. The van der Waals surface area contributed by atoms with Crippen molar-refractivity contribution in [1.29, 1.82) is 0 Å². The lowest BCUT2D eigenvalue weighted by molar-refractivity contribution is -0.130. The van der Waals surface area contributed by atoms with Gasteiger partial charge in [0.2, 0.25) is 5.91 Å². The summed E-state index contributed by atoms with van der Waals surface area (Å²) in [5.74, 6) is 0.135. The van der Waals surface area contributed by atoms with Crippen molar-refractivity contribution in [1.82, 2.24) is 4.90 Å². The lowest BCUT2D eigenvalue weighted by Crippen LogP contribution is -2.35. The van der Waals surface area contributed by atoms with E-state index in [-0.39, 0.29) is 12.0 Å². The van der Waals surface area contributed by atoms with Gasteiger partial charge in [-0.2, -0.15) is 0 Å². The van der Waals surface area contributed by atoms with Crippen molar-refractivity contribution < 1.29 is 9.53 Å². The second-order valence-electron chi connectivity index (χ2n) is 5.11. The van der Waals surface area contributed by atoms with E-state index in [9.17, 15) is 4.79 Å². The van der Waals surface area contributed by atoms with Gasteiger partial charge in [-0.15, -0.1) is 0 Å². The van der Waals surface area contributed by atoms with Gasteiger partial charge >= 0.3 is 0 Å². The maximum atomic E-state index is 12.1. The minimum atomic E-state index is 0.135. The van der Waals surface area contributed by atoms with Crippen LogP contribution in [0.15, 0.2) is 24.3 Å². The SMILES string of the molecule is CN(CC1CCCO1)C(=O)Cc1ccc(CN)cc1. The molecule has 104 valence electrons. The first-order valence-electron chi connectivity index (χ1n) is 6.82. The molecule has 0 saturated carbocycles. The molecule has 1 amide bonds. The van der Waals surface area contributed by atoms with Gasteiger partial charge in [-0.1, -0.05) is 24.3 Å². The Morgan fingerprint density at radius 2 is 2.05 bits per heavy atom. The molecule has 1 atom stereocenters. The van der Waals surface area contributed by atoms with E-state index in [0.717, 1.165) is 30.6 Å². The summed E-state index contributed by atoms with van der Waals surface area (Å²) in [5.41, 5.74) is 7.67. The van der Waals surface area contributed by atoms with E-state index in [4.69, 9.17) is 10.5 Å². The maximum absolute atomic E-state index is 12.1. The number of nitrogens with zero attached hydrogens (tertiary/aromatic N) is 1. The van der Waals surface area contributed by atoms with E-state index in [0.29, 0.717) is 19.5 Å². The average molecular weight is 262 g/mol. The van der Waals surface area contributed by atoms with Crippen LogP contribution in [0.5, 0.6) is 0 Å². The van der Waals surface area contributed by atoms with Gasteiger partial charge in [-0.25, -0.2) is 0 Å². The first-order valence-corrected chi connectivity index (χ1v) is 6.82. The number of hydrogen-bond donors (Lipinski definition) is 1. The number of likely N-dealkylation sites (N-methyl/N-ethyl adjacent to an activating group) is 1. The Morgan fingerprint density at radius 1 is 1.37 bits per heavy atom. The number of amides is 1. The highest BCUT2D eigenvalue weighted by Gasteiger charge is 2.19. The van der Waals surface area contributed by atoms with Crippen LogP contribution in [-0.2, 0) is 22.5 Å². The molecule has 1 fully saturated rings. The van der Waals surface area contributed by atoms with E-state index in [1.54, 1.807) is 4.90 Å². The molecule has 19 heavy (non-hydrogen) atoms. The maximum Gasteiger partial charge on any atom is 0.226 e. The second kappa shape index (κ2) is 6.68. The first-order chi connectivity index (χ1) is 9.19. The molecule has 2 rings (SSSR count). The Balaban J connectivity index is 1.84. The number of carbonyl (C=O) groups is 1. The van der Waals surface area contributed by atoms with Gasteiger partial charge in [0.1, 0.15) is 0 Å². The molecular weight excluding hydrogens is 240 g/mol. The summed E-state index contributed by atoms with van der Waals surface area (Å²) in [5, 5.41) is 0. The highest BCUT2D eigenvalue weighted by molar-refractivity contribution is 5.78. The predicted molar refractivity (Wildman–Crippen MR) is 74.6 cm³/mol. The number of benzene rings is 1. The van der Waals surface area contributed by atoms with Crippen molar-refractivity contribution in [2.45, 2.75) is 31.9 Å². The van der Waals surface area contributed by atoms with Gasteiger partial charge in [0.25, 0.3) is 0 Å². The van der Waals surface area contributed by atoms with Crippen LogP contribution in [0.1, 0.15) is 24.0 Å². The Bertz CT molecular complexity index is 411. The van der Waals surface area contributed by atoms with Crippen molar-refractivity contribution in [2.75, 3.05) is 20.2 Å². The summed E-state index contributed by atoms with van der Waals surface area (Å²) in [6.07, 6.45) is 2.82. The third-order valence-electron chi connectivity index (χ3n) is 3.54. The van der Waals surface area contributed by atoms with Gasteiger partial charge in [0.15, 0.2) is 0 Å². The van der Waals surface area contributed by atoms with E-state index >= 15 is 0 Å². The molecule has 1 aromatic rings. The standard InChI is InChI=1S/C15H22N2O2/c1-17(11-14-3-2-8-19-14)15(18)9-12-4-6-13(10-16)7-5-12/h4-7,14H,2-3,8-11,16H2,1H3. The van der Waals surface area contributed by atoms with Crippen LogP contribution in [0.4, 0.5) is 0 Å². The summed E-state index contributed by atoms with van der Waals surface area (Å²) in [6.45, 7) is 2.06. The Morgan fingerprint density at radius 3 is 2.63 bits per heavy atom. The van der Waals surface area contributed by atoms with Crippen LogP contribution in [0.25, 0.3) is 0 Å². The van der Waals surface area contributed by atoms with E-state index in [2.05, 4.69) is 0 Å². The van der Waals surface area contributed by atoms with Crippen LogP contribution in [-0.4, -0.2) is 37.1 Å². The number of ether oxygens (including phenoxy) is 1. The molecule has 0 spiro atoms. The van der Waals surface area contributed by atoms with Gasteiger partial charge in [-0.3, -0.25) is 4.79 Å². The largest absolute Gasteiger partial charge is 0.376 e. The third-order valence-corrected chi connectivity index (χ3v) is 3.54. The molecule has 2 N–H and O–H groups in total. The second-order valence-corrected chi connectivity index (χ2v) is 5.11. The average Bonchev–Trinajstić information content (AvgIpc) is 2.92. The Labute approximate surface area is 114 Å². The zero-order valence-electron chi connectivity index (χ0n) is 11.5. The van der Waals surface area contributed by atoms with Crippen LogP contribution < -0.4 is 5.73 Å². The summed E-state index contributed by atoms with van der Waals surface area (Å²) < 4.78 is 5.55. The van der Waals surface area contributed by atoms with Crippen LogP contribution in [0.3, 0.4) is 0 Å². The fraction of sp³-hybridized carbons (Fsp3) is 0.533. The smallest absolute Gasteiger partial charge is 0.226 e. The van der Waals surface area contributed by atoms with Crippen LogP contribution >= 0.6 is 0 Å². The minimum Gasteiger partial charge on any atom is -0.376 e. The van der Waals surface area contributed by atoms with Gasteiger partial charge < -0.3 is 15.4 Å². The first kappa shape index (κ1) is 14.0. The fourth-order valence-electron chi connectivity index (χ4n) is 2.30. The molecule has 0 bridgehead atoms. The van der Waals surface area contributed by atoms with E-state index < -0.39 is 0 Å². The summed E-state index contributed by atoms with van der Waals surface area (Å²) in [7, 11) is 1.85. The third kappa shape index (κ3) is 4.04. The molecular formula is C15H22N2O2. The predicted octanol–water partition coefficient (Wildman–Crippen LogP) is 1.33. The Kier molecular flexibility index (Phi) is 4.93. The molecule has 4 heteroatoms. The number of nitrogens with two attached hydrogens (primary N) is 1.